The van der Waals surface area contributed by atoms with Crippen LogP contribution in [0.2, 0.25) is 0 Å². The Morgan fingerprint density at radius 2 is 1.79 bits per heavy atom. The number of hydrogen-bond acceptors (Lipinski definition) is 2. The van der Waals surface area contributed by atoms with E-state index in [0.717, 1.165) is 46.9 Å². The zero-order valence-electron chi connectivity index (χ0n) is 17.3. The minimum absolute atomic E-state index is 0.202. The minimum atomic E-state index is -0.933. The van der Waals surface area contributed by atoms with Crippen molar-refractivity contribution in [2.45, 2.75) is 51.9 Å². The Morgan fingerprint density at radius 3 is 2.41 bits per heavy atom. The van der Waals surface area contributed by atoms with Crippen molar-refractivity contribution in [3.05, 3.63) is 69.0 Å². The van der Waals surface area contributed by atoms with Gasteiger partial charge in [-0.05, 0) is 61.4 Å². The van der Waals surface area contributed by atoms with Gasteiger partial charge in [0.25, 0.3) is 5.56 Å². The first-order chi connectivity index (χ1) is 13.9. The molecule has 0 aliphatic heterocycles. The zero-order chi connectivity index (χ0) is 20.7. The number of carbonyl (C=O) groups is 1. The molecule has 1 aromatic heterocycles. The van der Waals surface area contributed by atoms with Crippen LogP contribution in [0.4, 0.5) is 0 Å². The SMILES string of the molecule is CCCC(C(=O)O)c1c(-c2ccc(C)cc2)c2cc3c(cc2n(C)c1=O)CCC3. The molecule has 0 spiro atoms. The fourth-order valence-electron chi connectivity index (χ4n) is 4.67. The molecule has 4 heteroatoms. The third kappa shape index (κ3) is 3.27. The Labute approximate surface area is 170 Å². The normalized spacial score (nSPS) is 14.2. The predicted molar refractivity (Wildman–Crippen MR) is 117 cm³/mol. The van der Waals surface area contributed by atoms with E-state index < -0.39 is 11.9 Å². The van der Waals surface area contributed by atoms with Gasteiger partial charge in [-0.3, -0.25) is 9.59 Å². The highest BCUT2D eigenvalue weighted by Crippen LogP contribution is 2.38. The van der Waals surface area contributed by atoms with Crippen LogP contribution in [0.25, 0.3) is 22.0 Å². The van der Waals surface area contributed by atoms with Crippen LogP contribution in [0.1, 0.15) is 54.4 Å². The number of carboxylic acid groups (broad SMARTS) is 1. The quantitative estimate of drug-likeness (QED) is 0.670. The molecule has 1 heterocycles. The summed E-state index contributed by atoms with van der Waals surface area (Å²) in [5.74, 6) is -1.74. The molecule has 0 amide bonds. The van der Waals surface area contributed by atoms with Crippen LogP contribution in [0.5, 0.6) is 0 Å². The number of aromatic nitrogens is 1. The van der Waals surface area contributed by atoms with Crippen LogP contribution in [-0.2, 0) is 24.7 Å². The average molecular weight is 389 g/mol. The lowest BCUT2D eigenvalue weighted by Crippen LogP contribution is -2.28. The molecule has 1 N–H and O–H groups in total. The van der Waals surface area contributed by atoms with Gasteiger partial charge in [0.05, 0.1) is 11.4 Å². The first kappa shape index (κ1) is 19.4. The van der Waals surface area contributed by atoms with E-state index >= 15 is 0 Å². The Kier molecular flexibility index (Phi) is 5.03. The second-order valence-corrected chi connectivity index (χ2v) is 8.19. The van der Waals surface area contributed by atoms with Gasteiger partial charge in [0, 0.05) is 23.6 Å². The van der Waals surface area contributed by atoms with Crippen molar-refractivity contribution in [3.8, 4) is 11.1 Å². The summed E-state index contributed by atoms with van der Waals surface area (Å²) >= 11 is 0. The lowest BCUT2D eigenvalue weighted by molar-refractivity contribution is -0.139. The van der Waals surface area contributed by atoms with Gasteiger partial charge in [0.15, 0.2) is 0 Å². The van der Waals surface area contributed by atoms with Crippen LogP contribution in [0.3, 0.4) is 0 Å². The standard InChI is InChI=1S/C25H27NO3/c1-4-6-19(25(28)29)23-22(16-11-9-15(2)10-12-16)20-13-17-7-5-8-18(17)14-21(20)26(3)24(23)27/h9-14,19H,4-8H2,1-3H3,(H,28,29). The summed E-state index contributed by atoms with van der Waals surface area (Å²) < 4.78 is 1.65. The number of carboxylic acids is 1. The molecule has 3 aromatic rings. The Balaban J connectivity index is 2.15. The van der Waals surface area contributed by atoms with Crippen LogP contribution < -0.4 is 5.56 Å². The number of rotatable bonds is 5. The highest BCUT2D eigenvalue weighted by Gasteiger charge is 2.29. The van der Waals surface area contributed by atoms with Gasteiger partial charge in [0.2, 0.25) is 0 Å². The molecule has 1 atom stereocenters. The molecule has 0 saturated heterocycles. The van der Waals surface area contributed by atoms with Crippen LogP contribution in [-0.4, -0.2) is 15.6 Å². The molecule has 4 nitrogen and oxygen atoms in total. The van der Waals surface area contributed by atoms with Crippen molar-refractivity contribution >= 4 is 16.9 Å². The molecular weight excluding hydrogens is 362 g/mol. The van der Waals surface area contributed by atoms with E-state index in [1.54, 1.807) is 11.6 Å². The van der Waals surface area contributed by atoms with Gasteiger partial charge in [-0.2, -0.15) is 0 Å². The van der Waals surface area contributed by atoms with Gasteiger partial charge in [0.1, 0.15) is 0 Å². The number of fused-ring (bicyclic) bond motifs is 2. The monoisotopic (exact) mass is 389 g/mol. The van der Waals surface area contributed by atoms with E-state index in [-0.39, 0.29) is 5.56 Å². The Morgan fingerprint density at radius 1 is 1.14 bits per heavy atom. The average Bonchev–Trinajstić information content (AvgIpc) is 3.16. The van der Waals surface area contributed by atoms with E-state index in [4.69, 9.17) is 0 Å². The lowest BCUT2D eigenvalue weighted by atomic mass is 9.85. The lowest BCUT2D eigenvalue weighted by Gasteiger charge is -2.21. The largest absolute Gasteiger partial charge is 0.481 e. The summed E-state index contributed by atoms with van der Waals surface area (Å²) in [7, 11) is 1.76. The van der Waals surface area contributed by atoms with E-state index in [0.29, 0.717) is 18.4 Å². The Hall–Kier alpha value is -2.88. The number of nitrogens with zero attached hydrogens (tertiary/aromatic N) is 1. The molecular formula is C25H27NO3. The maximum absolute atomic E-state index is 13.5. The number of benzene rings is 2. The summed E-state index contributed by atoms with van der Waals surface area (Å²) in [6, 6.07) is 12.4. The molecule has 0 saturated carbocycles. The summed E-state index contributed by atoms with van der Waals surface area (Å²) in [6.45, 7) is 3.98. The first-order valence-corrected chi connectivity index (χ1v) is 10.4. The highest BCUT2D eigenvalue weighted by atomic mass is 16.4. The molecule has 0 radical (unpaired) electrons. The highest BCUT2D eigenvalue weighted by molar-refractivity contribution is 5.99. The van der Waals surface area contributed by atoms with Crippen LogP contribution >= 0.6 is 0 Å². The van der Waals surface area contributed by atoms with Gasteiger partial charge in [-0.15, -0.1) is 0 Å². The van der Waals surface area contributed by atoms with E-state index in [2.05, 4.69) is 12.1 Å². The molecule has 29 heavy (non-hydrogen) atoms. The third-order valence-corrected chi connectivity index (χ3v) is 6.21. The maximum atomic E-state index is 13.5. The van der Waals surface area contributed by atoms with Crippen molar-refractivity contribution in [2.75, 3.05) is 0 Å². The number of pyridine rings is 1. The molecule has 1 unspecified atom stereocenters. The summed E-state index contributed by atoms with van der Waals surface area (Å²) in [5.41, 5.74) is 6.55. The fourth-order valence-corrected chi connectivity index (χ4v) is 4.67. The zero-order valence-corrected chi connectivity index (χ0v) is 17.3. The smallest absolute Gasteiger partial charge is 0.311 e. The van der Waals surface area contributed by atoms with Crippen LogP contribution in [0.15, 0.2) is 41.2 Å². The molecule has 4 rings (SSSR count). The van der Waals surface area contributed by atoms with Crippen molar-refractivity contribution in [1.29, 1.82) is 0 Å². The molecule has 1 aliphatic carbocycles. The topological polar surface area (TPSA) is 59.3 Å². The third-order valence-electron chi connectivity index (χ3n) is 6.21. The first-order valence-electron chi connectivity index (χ1n) is 10.4. The van der Waals surface area contributed by atoms with Crippen LogP contribution in [0, 0.1) is 6.92 Å². The molecule has 150 valence electrons. The number of aliphatic carboxylic acids is 1. The fraction of sp³-hybridized carbons (Fsp3) is 0.360. The summed E-state index contributed by atoms with van der Waals surface area (Å²) in [4.78, 5) is 25.6. The van der Waals surface area contributed by atoms with Crippen molar-refractivity contribution in [1.82, 2.24) is 4.57 Å². The predicted octanol–water partition coefficient (Wildman–Crippen LogP) is 4.97. The molecule has 0 fully saturated rings. The van der Waals surface area contributed by atoms with Gasteiger partial charge in [-0.25, -0.2) is 0 Å². The van der Waals surface area contributed by atoms with Gasteiger partial charge in [-0.1, -0.05) is 43.2 Å². The second-order valence-electron chi connectivity index (χ2n) is 8.19. The van der Waals surface area contributed by atoms with Gasteiger partial charge >= 0.3 is 5.97 Å². The minimum Gasteiger partial charge on any atom is -0.481 e. The number of hydrogen-bond donors (Lipinski definition) is 1. The van der Waals surface area contributed by atoms with Crippen molar-refractivity contribution < 1.29 is 9.90 Å². The van der Waals surface area contributed by atoms with E-state index in [9.17, 15) is 14.7 Å². The number of aryl methyl sites for hydroxylation is 4. The molecule has 0 bridgehead atoms. The molecule has 1 aliphatic rings. The summed E-state index contributed by atoms with van der Waals surface area (Å²) in [5, 5.41) is 10.9. The summed E-state index contributed by atoms with van der Waals surface area (Å²) in [6.07, 6.45) is 4.35. The Bertz CT molecular complexity index is 1160. The second kappa shape index (κ2) is 7.51. The van der Waals surface area contributed by atoms with Crippen molar-refractivity contribution in [2.24, 2.45) is 7.05 Å². The van der Waals surface area contributed by atoms with E-state index in [1.807, 2.05) is 38.1 Å². The van der Waals surface area contributed by atoms with E-state index in [1.165, 1.54) is 11.1 Å². The van der Waals surface area contributed by atoms with Gasteiger partial charge < -0.3 is 9.67 Å². The molecule has 2 aromatic carbocycles. The van der Waals surface area contributed by atoms with Crippen molar-refractivity contribution in [3.63, 3.8) is 0 Å². The maximum Gasteiger partial charge on any atom is 0.311 e.